The van der Waals surface area contributed by atoms with E-state index in [0.717, 1.165) is 11.3 Å². The van der Waals surface area contributed by atoms with Gasteiger partial charge in [0, 0.05) is 18.1 Å². The van der Waals surface area contributed by atoms with Gasteiger partial charge in [0.1, 0.15) is 10.8 Å². The minimum atomic E-state index is -0.442. The number of rotatable bonds is 2. The first-order valence-electron chi connectivity index (χ1n) is 5.76. The lowest BCUT2D eigenvalue weighted by atomic mass is 10.2. The van der Waals surface area contributed by atoms with Crippen molar-refractivity contribution in [1.82, 2.24) is 9.78 Å². The number of hydrogen-bond acceptors (Lipinski definition) is 4. The second kappa shape index (κ2) is 4.64. The summed E-state index contributed by atoms with van der Waals surface area (Å²) < 4.78 is 6.75. The number of nitro benzene ring substituents is 1. The molecule has 0 bridgehead atoms. The molecule has 1 aliphatic heterocycles. The van der Waals surface area contributed by atoms with Crippen LogP contribution in [0.5, 0.6) is 0 Å². The molecule has 0 atom stereocenters. The second-order valence-electron chi connectivity index (χ2n) is 4.18. The van der Waals surface area contributed by atoms with Crippen molar-refractivity contribution in [2.24, 2.45) is 0 Å². The van der Waals surface area contributed by atoms with E-state index >= 15 is 0 Å². The average Bonchev–Trinajstić information content (AvgIpc) is 2.76. The number of nitro groups is 1. The van der Waals surface area contributed by atoms with E-state index in [9.17, 15) is 10.1 Å². The quantitative estimate of drug-likeness (QED) is 0.625. The molecule has 19 heavy (non-hydrogen) atoms. The standard InChI is InChI=1S/C12H10ClN3O3/c13-12-8-7-19-6-5-9(8)14-15(12)10-3-1-2-4-11(10)16(17)18/h1-4H,5-7H2. The maximum Gasteiger partial charge on any atom is 0.294 e. The summed E-state index contributed by atoms with van der Waals surface area (Å²) in [5.74, 6) is 0. The lowest BCUT2D eigenvalue weighted by Crippen LogP contribution is -2.08. The normalized spacial score (nSPS) is 14.2. The fourth-order valence-electron chi connectivity index (χ4n) is 2.12. The predicted octanol–water partition coefficient (Wildman–Crippen LogP) is 2.51. The van der Waals surface area contributed by atoms with Gasteiger partial charge < -0.3 is 4.74 Å². The van der Waals surface area contributed by atoms with Gasteiger partial charge in [-0.3, -0.25) is 10.1 Å². The van der Waals surface area contributed by atoms with E-state index in [4.69, 9.17) is 16.3 Å². The molecule has 0 fully saturated rings. The molecule has 0 radical (unpaired) electrons. The van der Waals surface area contributed by atoms with Crippen molar-refractivity contribution in [2.75, 3.05) is 6.61 Å². The van der Waals surface area contributed by atoms with Crippen LogP contribution in [0.25, 0.3) is 5.69 Å². The first-order chi connectivity index (χ1) is 9.18. The maximum atomic E-state index is 11.0. The van der Waals surface area contributed by atoms with E-state index in [1.807, 2.05) is 0 Å². The molecule has 0 aliphatic carbocycles. The lowest BCUT2D eigenvalue weighted by Gasteiger charge is -2.09. The van der Waals surface area contributed by atoms with Crippen LogP contribution >= 0.6 is 11.6 Å². The average molecular weight is 280 g/mol. The molecule has 6 nitrogen and oxygen atoms in total. The molecule has 2 heterocycles. The zero-order chi connectivity index (χ0) is 13.4. The van der Waals surface area contributed by atoms with Gasteiger partial charge in [-0.2, -0.15) is 5.10 Å². The highest BCUT2D eigenvalue weighted by Crippen LogP contribution is 2.30. The van der Waals surface area contributed by atoms with Crippen molar-refractivity contribution in [3.8, 4) is 5.69 Å². The number of fused-ring (bicyclic) bond motifs is 1. The largest absolute Gasteiger partial charge is 0.376 e. The summed E-state index contributed by atoms with van der Waals surface area (Å²) in [5.41, 5.74) is 2.00. The van der Waals surface area contributed by atoms with Gasteiger partial charge in [0.05, 0.1) is 23.8 Å². The third kappa shape index (κ3) is 1.98. The predicted molar refractivity (Wildman–Crippen MR) is 68.6 cm³/mol. The molecule has 7 heteroatoms. The van der Waals surface area contributed by atoms with Gasteiger partial charge in [-0.1, -0.05) is 23.7 Å². The van der Waals surface area contributed by atoms with Crippen LogP contribution in [0.1, 0.15) is 11.3 Å². The monoisotopic (exact) mass is 279 g/mol. The van der Waals surface area contributed by atoms with Gasteiger partial charge in [0.2, 0.25) is 0 Å². The molecule has 0 unspecified atom stereocenters. The molecule has 0 saturated heterocycles. The molecule has 0 spiro atoms. The van der Waals surface area contributed by atoms with E-state index in [-0.39, 0.29) is 5.69 Å². The molecule has 98 valence electrons. The van der Waals surface area contributed by atoms with Gasteiger partial charge in [0.15, 0.2) is 0 Å². The van der Waals surface area contributed by atoms with Gasteiger partial charge in [0.25, 0.3) is 5.69 Å². The summed E-state index contributed by atoms with van der Waals surface area (Å²) in [4.78, 5) is 10.6. The van der Waals surface area contributed by atoms with Crippen LogP contribution in [0, 0.1) is 10.1 Å². The number of para-hydroxylation sites is 2. The summed E-state index contributed by atoms with van der Waals surface area (Å²) in [6.07, 6.45) is 0.669. The van der Waals surface area contributed by atoms with E-state index < -0.39 is 4.92 Å². The second-order valence-corrected chi connectivity index (χ2v) is 4.53. The Morgan fingerprint density at radius 3 is 2.95 bits per heavy atom. The highest BCUT2D eigenvalue weighted by Gasteiger charge is 2.24. The Morgan fingerprint density at radius 1 is 1.42 bits per heavy atom. The summed E-state index contributed by atoms with van der Waals surface area (Å²) in [6, 6.07) is 6.39. The van der Waals surface area contributed by atoms with Crippen molar-refractivity contribution in [1.29, 1.82) is 0 Å². The van der Waals surface area contributed by atoms with Gasteiger partial charge in [-0.05, 0) is 6.07 Å². The van der Waals surface area contributed by atoms with Crippen LogP contribution in [0.4, 0.5) is 5.69 Å². The molecule has 1 aromatic heterocycles. The molecule has 2 aromatic rings. The fraction of sp³-hybridized carbons (Fsp3) is 0.250. The molecule has 3 rings (SSSR count). The number of aromatic nitrogens is 2. The van der Waals surface area contributed by atoms with Gasteiger partial charge in [-0.15, -0.1) is 0 Å². The molecule has 0 N–H and O–H groups in total. The van der Waals surface area contributed by atoms with Crippen LogP contribution < -0.4 is 0 Å². The zero-order valence-corrected chi connectivity index (χ0v) is 10.6. The maximum absolute atomic E-state index is 11.0. The fourth-order valence-corrected chi connectivity index (χ4v) is 2.41. The molecular weight excluding hydrogens is 270 g/mol. The Bertz CT molecular complexity index is 654. The van der Waals surface area contributed by atoms with Gasteiger partial charge >= 0.3 is 0 Å². The summed E-state index contributed by atoms with van der Waals surface area (Å²) in [5, 5.41) is 15.8. The highest BCUT2D eigenvalue weighted by atomic mass is 35.5. The minimum absolute atomic E-state index is 0.0230. The topological polar surface area (TPSA) is 70.2 Å². The number of hydrogen-bond donors (Lipinski definition) is 0. The van der Waals surface area contributed by atoms with Crippen molar-refractivity contribution in [2.45, 2.75) is 13.0 Å². The van der Waals surface area contributed by atoms with Gasteiger partial charge in [-0.25, -0.2) is 4.68 Å². The Balaban J connectivity index is 2.18. The first-order valence-corrected chi connectivity index (χ1v) is 6.14. The van der Waals surface area contributed by atoms with Crippen molar-refractivity contribution in [3.63, 3.8) is 0 Å². The smallest absolute Gasteiger partial charge is 0.294 e. The molecular formula is C12H10ClN3O3. The summed E-state index contributed by atoms with van der Waals surface area (Å²) in [7, 11) is 0. The highest BCUT2D eigenvalue weighted by molar-refractivity contribution is 6.30. The van der Waals surface area contributed by atoms with E-state index in [1.165, 1.54) is 10.7 Å². The Hall–Kier alpha value is -1.92. The van der Waals surface area contributed by atoms with Crippen LogP contribution in [0.2, 0.25) is 5.15 Å². The van der Waals surface area contributed by atoms with E-state index in [0.29, 0.717) is 30.5 Å². The number of benzene rings is 1. The van der Waals surface area contributed by atoms with E-state index in [1.54, 1.807) is 18.2 Å². The Kier molecular flexibility index (Phi) is 2.96. The number of halogens is 1. The third-order valence-corrected chi connectivity index (χ3v) is 3.43. The van der Waals surface area contributed by atoms with Crippen LogP contribution in [-0.4, -0.2) is 21.3 Å². The summed E-state index contributed by atoms with van der Waals surface area (Å²) in [6.45, 7) is 0.992. The lowest BCUT2D eigenvalue weighted by molar-refractivity contribution is -0.384. The minimum Gasteiger partial charge on any atom is -0.376 e. The number of nitrogens with zero attached hydrogens (tertiary/aromatic N) is 3. The zero-order valence-electron chi connectivity index (χ0n) is 9.88. The molecule has 0 saturated carbocycles. The van der Waals surface area contributed by atoms with Crippen molar-refractivity contribution in [3.05, 3.63) is 50.8 Å². The molecule has 1 aromatic carbocycles. The van der Waals surface area contributed by atoms with Crippen LogP contribution in [-0.2, 0) is 17.8 Å². The van der Waals surface area contributed by atoms with E-state index in [2.05, 4.69) is 5.10 Å². The first kappa shape index (κ1) is 12.1. The number of ether oxygens (including phenoxy) is 1. The van der Waals surface area contributed by atoms with Crippen molar-refractivity contribution < 1.29 is 9.66 Å². The van der Waals surface area contributed by atoms with Crippen LogP contribution in [0.3, 0.4) is 0 Å². The third-order valence-electron chi connectivity index (χ3n) is 3.04. The Morgan fingerprint density at radius 2 is 2.21 bits per heavy atom. The Labute approximate surface area is 113 Å². The molecule has 1 aliphatic rings. The molecule has 0 amide bonds. The van der Waals surface area contributed by atoms with Crippen molar-refractivity contribution >= 4 is 17.3 Å². The summed E-state index contributed by atoms with van der Waals surface area (Å²) >= 11 is 6.25. The van der Waals surface area contributed by atoms with Crippen LogP contribution in [0.15, 0.2) is 24.3 Å². The SMILES string of the molecule is O=[N+]([O-])c1ccccc1-n1nc2c(c1Cl)COCC2.